The molecule has 6 N–H and O–H groups in total. The number of hydrogen-bond acceptors (Lipinski definition) is 9. The minimum Gasteiger partial charge on any atom is -0.508 e. The molecule has 244 valence electrons. The van der Waals surface area contributed by atoms with Gasteiger partial charge in [-0.15, -0.1) is 12.1 Å². The van der Waals surface area contributed by atoms with Gasteiger partial charge in [0.05, 0.1) is 24.5 Å². The maximum Gasteiger partial charge on any atom is 0.334 e. The normalized spacial score (nSPS) is 19.2. The third-order valence-electron chi connectivity index (χ3n) is 8.42. The molecule has 0 aliphatic carbocycles. The molecule has 0 radical (unpaired) electrons. The van der Waals surface area contributed by atoms with Gasteiger partial charge in [-0.1, -0.05) is 60.7 Å². The molecule has 2 fully saturated rings. The van der Waals surface area contributed by atoms with Crippen molar-refractivity contribution in [2.75, 3.05) is 36.6 Å². The lowest BCUT2D eigenvalue weighted by atomic mass is 9.98. The fourth-order valence-electron chi connectivity index (χ4n) is 6.36. The van der Waals surface area contributed by atoms with E-state index in [0.717, 1.165) is 16.7 Å². The Kier molecular flexibility index (Phi) is 8.95. The summed E-state index contributed by atoms with van der Waals surface area (Å²) in [4.78, 5) is 57.2. The number of rotatable bonds is 10. The number of phenolic OH excluding ortho intramolecular Hbond substituents is 1. The van der Waals surface area contributed by atoms with Crippen molar-refractivity contribution >= 4 is 35.1 Å². The molecule has 0 unspecified atom stereocenters. The number of benzene rings is 3. The number of fused-ring (bicyclic) bond motifs is 2. The van der Waals surface area contributed by atoms with Crippen molar-refractivity contribution in [1.82, 2.24) is 30.7 Å². The molecule has 14 heteroatoms. The van der Waals surface area contributed by atoms with E-state index >= 15 is 0 Å². The number of carbonyl (C=O) groups is 4. The van der Waals surface area contributed by atoms with Crippen molar-refractivity contribution in [2.24, 2.45) is 5.73 Å². The second kappa shape index (κ2) is 13.4. The number of phenols is 1. The number of para-hydroxylation sites is 1. The minimum atomic E-state index is -0.934. The van der Waals surface area contributed by atoms with Crippen LogP contribution in [0.15, 0.2) is 85.5 Å². The highest BCUT2D eigenvalue weighted by molar-refractivity contribution is 5.92. The maximum atomic E-state index is 14.4. The van der Waals surface area contributed by atoms with Crippen LogP contribution < -0.4 is 27.0 Å². The fourth-order valence-corrected chi connectivity index (χ4v) is 6.36. The van der Waals surface area contributed by atoms with Crippen LogP contribution in [0.2, 0.25) is 0 Å². The van der Waals surface area contributed by atoms with Gasteiger partial charge in [0.2, 0.25) is 17.7 Å². The van der Waals surface area contributed by atoms with Crippen molar-refractivity contribution in [3.63, 3.8) is 0 Å². The second-order valence-electron chi connectivity index (χ2n) is 11.6. The Morgan fingerprint density at radius 1 is 1.02 bits per heavy atom. The molecule has 47 heavy (non-hydrogen) atoms. The van der Waals surface area contributed by atoms with Crippen LogP contribution in [0.3, 0.4) is 0 Å². The van der Waals surface area contributed by atoms with Crippen LogP contribution in [0.5, 0.6) is 5.75 Å². The van der Waals surface area contributed by atoms with Crippen LogP contribution in [-0.4, -0.2) is 87.1 Å². The number of nitrogens with zero attached hydrogens (tertiary/aromatic N) is 5. The lowest BCUT2D eigenvalue weighted by Gasteiger charge is -2.55. The van der Waals surface area contributed by atoms with Crippen molar-refractivity contribution < 1.29 is 24.3 Å². The lowest BCUT2D eigenvalue weighted by Crippen LogP contribution is -2.76. The highest BCUT2D eigenvalue weighted by Gasteiger charge is 2.51. The highest BCUT2D eigenvalue weighted by Crippen LogP contribution is 2.35. The number of nitrogens with one attached hydrogen (secondary N) is 3. The molecule has 0 saturated carbocycles. The van der Waals surface area contributed by atoms with Crippen molar-refractivity contribution in [1.29, 1.82) is 0 Å². The average molecular weight is 640 g/mol. The van der Waals surface area contributed by atoms with Gasteiger partial charge in [-0.2, -0.15) is 0 Å². The van der Waals surface area contributed by atoms with Crippen LogP contribution in [-0.2, 0) is 33.9 Å². The number of hydrazine groups is 3. The van der Waals surface area contributed by atoms with Crippen molar-refractivity contribution in [3.05, 3.63) is 102 Å². The molecule has 6 rings (SSSR count). The molecular formula is C33H37N9O5. The summed E-state index contributed by atoms with van der Waals surface area (Å²) in [5, 5.41) is 17.6. The van der Waals surface area contributed by atoms with Crippen LogP contribution in [0, 0.1) is 0 Å². The zero-order chi connectivity index (χ0) is 33.1. The van der Waals surface area contributed by atoms with E-state index in [9.17, 15) is 24.3 Å². The predicted molar refractivity (Wildman–Crippen MR) is 174 cm³/mol. The summed E-state index contributed by atoms with van der Waals surface area (Å²) >= 11 is 0. The number of amides is 5. The molecule has 3 aromatic carbocycles. The average Bonchev–Trinajstić information content (AvgIpc) is 3.46. The third kappa shape index (κ3) is 6.55. The first-order valence-corrected chi connectivity index (χ1v) is 15.3. The van der Waals surface area contributed by atoms with E-state index in [4.69, 9.17) is 5.73 Å². The van der Waals surface area contributed by atoms with Gasteiger partial charge in [0.25, 0.3) is 0 Å². The SMILES string of the molecule is C=CCN1CC(=O)N2[C@@H](Cc3ccc(O)cc3)C(=O)N(Cc3cccc4c3N(CC(N)=O)NN4)C[C@@H]2N1C(=O)NCc1ccccc1. The van der Waals surface area contributed by atoms with Gasteiger partial charge in [0.1, 0.15) is 24.5 Å². The number of carbonyl (C=O) groups excluding carboxylic acids is 4. The molecule has 3 aromatic rings. The van der Waals surface area contributed by atoms with Gasteiger partial charge in [0.15, 0.2) is 0 Å². The standard InChI is InChI=1S/C33H37N9O5/c1-2-15-39-21-30(45)41-27(16-22-11-13-25(43)14-12-22)32(46)38(18-24-9-6-10-26-31(24)40(37-36-26)19-28(34)44)20-29(41)42(39)33(47)35-17-23-7-4-3-5-8-23/h2-14,27,29,36-37,43H,1,15-21H2,(H2,34,44)(H,35,47)/t27-,29-/m0/s1. The number of aromatic hydroxyl groups is 1. The van der Waals surface area contributed by atoms with Gasteiger partial charge in [-0.05, 0) is 34.9 Å². The number of anilines is 2. The molecule has 3 heterocycles. The Balaban J connectivity index is 1.36. The second-order valence-corrected chi connectivity index (χ2v) is 11.6. The smallest absolute Gasteiger partial charge is 0.334 e. The first-order chi connectivity index (χ1) is 22.7. The summed E-state index contributed by atoms with van der Waals surface area (Å²) in [6.07, 6.45) is 0.963. The van der Waals surface area contributed by atoms with E-state index in [-0.39, 0.29) is 63.3 Å². The summed E-state index contributed by atoms with van der Waals surface area (Å²) in [6.45, 7) is 4.27. The largest absolute Gasteiger partial charge is 0.508 e. The Morgan fingerprint density at radius 2 is 1.79 bits per heavy atom. The van der Waals surface area contributed by atoms with E-state index in [0.29, 0.717) is 11.4 Å². The predicted octanol–water partition coefficient (Wildman–Crippen LogP) is 1.27. The Morgan fingerprint density at radius 3 is 2.51 bits per heavy atom. The molecule has 5 amide bonds. The Bertz CT molecular complexity index is 1670. The molecule has 2 saturated heterocycles. The van der Waals surface area contributed by atoms with E-state index in [1.165, 1.54) is 22.0 Å². The molecule has 3 aliphatic rings. The monoisotopic (exact) mass is 639 g/mol. The van der Waals surface area contributed by atoms with Crippen molar-refractivity contribution in [2.45, 2.75) is 31.7 Å². The van der Waals surface area contributed by atoms with E-state index in [2.05, 4.69) is 22.9 Å². The number of urea groups is 1. The highest BCUT2D eigenvalue weighted by atomic mass is 16.3. The van der Waals surface area contributed by atoms with Crippen LogP contribution in [0.4, 0.5) is 16.2 Å². The summed E-state index contributed by atoms with van der Waals surface area (Å²) in [6, 6.07) is 20.2. The minimum absolute atomic E-state index is 0.0311. The molecule has 0 bridgehead atoms. The molecule has 14 nitrogen and oxygen atoms in total. The molecule has 0 aromatic heterocycles. The van der Waals surface area contributed by atoms with Gasteiger partial charge in [0, 0.05) is 26.1 Å². The van der Waals surface area contributed by atoms with Crippen molar-refractivity contribution in [3.8, 4) is 5.75 Å². The molecular weight excluding hydrogens is 602 g/mol. The van der Waals surface area contributed by atoms with Gasteiger partial charge < -0.3 is 31.4 Å². The van der Waals surface area contributed by atoms with E-state index < -0.39 is 24.1 Å². The van der Waals surface area contributed by atoms with Crippen LogP contribution >= 0.6 is 0 Å². The van der Waals surface area contributed by atoms with Gasteiger partial charge in [-0.25, -0.2) is 14.8 Å². The summed E-state index contributed by atoms with van der Waals surface area (Å²) in [5.74, 6) is -1.04. The first-order valence-electron chi connectivity index (χ1n) is 15.3. The lowest BCUT2D eigenvalue weighted by molar-refractivity contribution is -0.189. The van der Waals surface area contributed by atoms with Gasteiger partial charge in [-0.3, -0.25) is 19.4 Å². The fraction of sp³-hybridized carbons (Fsp3) is 0.273. The van der Waals surface area contributed by atoms with E-state index in [1.54, 1.807) is 33.1 Å². The molecule has 0 spiro atoms. The summed E-state index contributed by atoms with van der Waals surface area (Å²) in [5.41, 5.74) is 15.2. The number of primary amides is 1. The topological polar surface area (TPSA) is 167 Å². The Labute approximate surface area is 271 Å². The maximum absolute atomic E-state index is 14.4. The van der Waals surface area contributed by atoms with Gasteiger partial charge >= 0.3 is 6.03 Å². The first kappa shape index (κ1) is 31.4. The summed E-state index contributed by atoms with van der Waals surface area (Å²) < 4.78 is 0. The van der Waals surface area contributed by atoms with Crippen LogP contribution in [0.25, 0.3) is 0 Å². The van der Waals surface area contributed by atoms with Crippen LogP contribution in [0.1, 0.15) is 16.7 Å². The number of piperazine rings is 1. The third-order valence-corrected chi connectivity index (χ3v) is 8.42. The quantitative estimate of drug-likeness (QED) is 0.205. The zero-order valence-electron chi connectivity index (χ0n) is 25.7. The Hall–Kier alpha value is -5.60. The number of nitrogens with two attached hydrogens (primary N) is 1. The molecule has 3 aliphatic heterocycles. The van der Waals surface area contributed by atoms with E-state index in [1.807, 2.05) is 48.5 Å². The number of hydrogen-bond donors (Lipinski definition) is 5. The zero-order valence-corrected chi connectivity index (χ0v) is 25.7. The molecule has 2 atom stereocenters. The summed E-state index contributed by atoms with van der Waals surface area (Å²) in [7, 11) is 0.